The molecule has 1 heterocycles. The van der Waals surface area contributed by atoms with Crippen molar-refractivity contribution in [3.8, 4) is 11.3 Å². The molecule has 0 atom stereocenters. The first-order valence-electron chi connectivity index (χ1n) is 8.85. The number of para-hydroxylation sites is 1. The van der Waals surface area contributed by atoms with E-state index in [1.807, 2.05) is 62.4 Å². The SMILES string of the molecule is CCc1ccccc1NC(=O)CNC(=O)c1cc(-c2ccc(C)cc2)n[nH]1. The van der Waals surface area contributed by atoms with Gasteiger partial charge in [-0.1, -0.05) is 55.0 Å². The summed E-state index contributed by atoms with van der Waals surface area (Å²) in [4.78, 5) is 24.4. The maximum absolute atomic E-state index is 12.3. The normalized spacial score (nSPS) is 10.4. The van der Waals surface area contributed by atoms with Gasteiger partial charge in [0.25, 0.3) is 5.91 Å². The first-order valence-corrected chi connectivity index (χ1v) is 8.85. The third-order valence-corrected chi connectivity index (χ3v) is 4.25. The van der Waals surface area contributed by atoms with Gasteiger partial charge in [-0.15, -0.1) is 0 Å². The Balaban J connectivity index is 1.58. The van der Waals surface area contributed by atoms with Crippen LogP contribution in [0.3, 0.4) is 0 Å². The molecule has 0 fully saturated rings. The highest BCUT2D eigenvalue weighted by Crippen LogP contribution is 2.18. The average Bonchev–Trinajstić information content (AvgIpc) is 3.17. The fourth-order valence-corrected chi connectivity index (χ4v) is 2.71. The van der Waals surface area contributed by atoms with Crippen molar-refractivity contribution in [1.29, 1.82) is 0 Å². The summed E-state index contributed by atoms with van der Waals surface area (Å²) in [5.41, 5.74) is 4.89. The van der Waals surface area contributed by atoms with Gasteiger partial charge in [-0.2, -0.15) is 5.10 Å². The van der Waals surface area contributed by atoms with Gasteiger partial charge in [-0.05, 0) is 31.0 Å². The van der Waals surface area contributed by atoms with E-state index in [0.29, 0.717) is 11.4 Å². The Morgan fingerprint density at radius 2 is 1.81 bits per heavy atom. The Kier molecular flexibility index (Phi) is 5.66. The third kappa shape index (κ3) is 4.61. The molecule has 2 amide bonds. The second-order valence-electron chi connectivity index (χ2n) is 6.27. The maximum Gasteiger partial charge on any atom is 0.269 e. The number of nitrogens with one attached hydrogen (secondary N) is 3. The molecule has 0 spiro atoms. The van der Waals surface area contributed by atoms with Gasteiger partial charge < -0.3 is 10.6 Å². The molecular weight excluding hydrogens is 340 g/mol. The highest BCUT2D eigenvalue weighted by molar-refractivity contribution is 5.99. The molecule has 6 nitrogen and oxygen atoms in total. The summed E-state index contributed by atoms with van der Waals surface area (Å²) < 4.78 is 0. The van der Waals surface area contributed by atoms with E-state index < -0.39 is 0 Å². The number of hydrogen-bond acceptors (Lipinski definition) is 3. The Hall–Kier alpha value is -3.41. The molecule has 3 aromatic rings. The Bertz CT molecular complexity index is 945. The minimum atomic E-state index is -0.375. The number of amides is 2. The number of H-pyrrole nitrogens is 1. The molecule has 0 aliphatic heterocycles. The molecule has 0 radical (unpaired) electrons. The zero-order chi connectivity index (χ0) is 19.2. The molecule has 3 rings (SSSR count). The lowest BCUT2D eigenvalue weighted by molar-refractivity contribution is -0.115. The van der Waals surface area contributed by atoms with Crippen molar-refractivity contribution in [3.63, 3.8) is 0 Å². The van der Waals surface area contributed by atoms with E-state index in [4.69, 9.17) is 0 Å². The van der Waals surface area contributed by atoms with Crippen LogP contribution in [0, 0.1) is 6.92 Å². The molecule has 0 aliphatic carbocycles. The van der Waals surface area contributed by atoms with Crippen LogP contribution in [-0.2, 0) is 11.2 Å². The van der Waals surface area contributed by atoms with Crippen molar-refractivity contribution in [2.24, 2.45) is 0 Å². The van der Waals surface area contributed by atoms with E-state index in [1.54, 1.807) is 6.07 Å². The van der Waals surface area contributed by atoms with Crippen molar-refractivity contribution in [2.45, 2.75) is 20.3 Å². The molecule has 0 saturated carbocycles. The second kappa shape index (κ2) is 8.31. The first kappa shape index (κ1) is 18.4. The molecule has 0 bridgehead atoms. The smallest absolute Gasteiger partial charge is 0.269 e. The molecule has 0 unspecified atom stereocenters. The molecule has 2 aromatic carbocycles. The van der Waals surface area contributed by atoms with Gasteiger partial charge in [-0.25, -0.2) is 0 Å². The van der Waals surface area contributed by atoms with Crippen LogP contribution in [0.2, 0.25) is 0 Å². The number of benzene rings is 2. The van der Waals surface area contributed by atoms with Gasteiger partial charge in [0.15, 0.2) is 0 Å². The van der Waals surface area contributed by atoms with Gasteiger partial charge in [0.05, 0.1) is 12.2 Å². The van der Waals surface area contributed by atoms with Crippen LogP contribution in [0.5, 0.6) is 0 Å². The van der Waals surface area contributed by atoms with Crippen LogP contribution < -0.4 is 10.6 Å². The van der Waals surface area contributed by atoms with Gasteiger partial charge >= 0.3 is 0 Å². The summed E-state index contributed by atoms with van der Waals surface area (Å²) in [5.74, 6) is -0.651. The number of aryl methyl sites for hydroxylation is 2. The second-order valence-corrected chi connectivity index (χ2v) is 6.27. The molecule has 27 heavy (non-hydrogen) atoms. The van der Waals surface area contributed by atoms with Crippen molar-refractivity contribution in [3.05, 3.63) is 71.4 Å². The maximum atomic E-state index is 12.3. The van der Waals surface area contributed by atoms with E-state index in [-0.39, 0.29) is 18.4 Å². The highest BCUT2D eigenvalue weighted by Gasteiger charge is 2.13. The van der Waals surface area contributed by atoms with Crippen LogP contribution in [0.25, 0.3) is 11.3 Å². The molecule has 1 aromatic heterocycles. The Labute approximate surface area is 158 Å². The summed E-state index contributed by atoms with van der Waals surface area (Å²) >= 11 is 0. The predicted molar refractivity (Wildman–Crippen MR) is 106 cm³/mol. The number of carbonyl (C=O) groups excluding carboxylic acids is 2. The van der Waals surface area contributed by atoms with Gasteiger partial charge in [0, 0.05) is 11.3 Å². The monoisotopic (exact) mass is 362 g/mol. The van der Waals surface area contributed by atoms with Crippen LogP contribution in [0.4, 0.5) is 5.69 Å². The van der Waals surface area contributed by atoms with Crippen LogP contribution in [0.1, 0.15) is 28.5 Å². The number of carbonyl (C=O) groups is 2. The quantitative estimate of drug-likeness (QED) is 0.629. The number of nitrogens with zero attached hydrogens (tertiary/aromatic N) is 1. The zero-order valence-electron chi connectivity index (χ0n) is 15.4. The van der Waals surface area contributed by atoms with Crippen molar-refractivity contribution in [1.82, 2.24) is 15.5 Å². The lowest BCUT2D eigenvalue weighted by Gasteiger charge is -2.10. The summed E-state index contributed by atoms with van der Waals surface area (Å²) in [6, 6.07) is 17.2. The minimum absolute atomic E-state index is 0.115. The average molecular weight is 362 g/mol. The largest absolute Gasteiger partial charge is 0.342 e. The van der Waals surface area contributed by atoms with Gasteiger partial charge in [0.2, 0.25) is 5.91 Å². The van der Waals surface area contributed by atoms with Gasteiger partial charge in [0.1, 0.15) is 5.69 Å². The zero-order valence-corrected chi connectivity index (χ0v) is 15.4. The molecule has 0 saturated heterocycles. The Morgan fingerprint density at radius 3 is 2.56 bits per heavy atom. The van der Waals surface area contributed by atoms with Crippen molar-refractivity contribution in [2.75, 3.05) is 11.9 Å². The number of anilines is 1. The van der Waals surface area contributed by atoms with E-state index in [2.05, 4.69) is 20.8 Å². The Morgan fingerprint density at radius 1 is 1.07 bits per heavy atom. The topological polar surface area (TPSA) is 86.9 Å². The summed E-state index contributed by atoms with van der Waals surface area (Å²) in [7, 11) is 0. The summed E-state index contributed by atoms with van der Waals surface area (Å²) in [6.45, 7) is 3.92. The predicted octanol–water partition coefficient (Wildman–Crippen LogP) is 3.32. The number of aromatic amines is 1. The highest BCUT2D eigenvalue weighted by atomic mass is 16.2. The lowest BCUT2D eigenvalue weighted by Crippen LogP contribution is -2.33. The number of hydrogen-bond donors (Lipinski definition) is 3. The first-order chi connectivity index (χ1) is 13.1. The van der Waals surface area contributed by atoms with Crippen molar-refractivity contribution < 1.29 is 9.59 Å². The van der Waals surface area contributed by atoms with E-state index >= 15 is 0 Å². The van der Waals surface area contributed by atoms with E-state index in [1.165, 1.54) is 0 Å². The molecule has 0 aliphatic rings. The summed E-state index contributed by atoms with van der Waals surface area (Å²) in [6.07, 6.45) is 0.818. The molecule has 6 heteroatoms. The lowest BCUT2D eigenvalue weighted by atomic mass is 10.1. The molecule has 3 N–H and O–H groups in total. The molecular formula is C21H22N4O2. The van der Waals surface area contributed by atoms with Crippen LogP contribution in [-0.4, -0.2) is 28.6 Å². The van der Waals surface area contributed by atoms with E-state index in [9.17, 15) is 9.59 Å². The third-order valence-electron chi connectivity index (χ3n) is 4.25. The van der Waals surface area contributed by atoms with Crippen LogP contribution >= 0.6 is 0 Å². The number of aromatic nitrogens is 2. The van der Waals surface area contributed by atoms with Crippen LogP contribution in [0.15, 0.2) is 54.6 Å². The van der Waals surface area contributed by atoms with Crippen molar-refractivity contribution >= 4 is 17.5 Å². The number of rotatable bonds is 6. The minimum Gasteiger partial charge on any atom is -0.342 e. The fourth-order valence-electron chi connectivity index (χ4n) is 2.71. The summed E-state index contributed by atoms with van der Waals surface area (Å²) in [5, 5.41) is 12.3. The van der Waals surface area contributed by atoms with Gasteiger partial charge in [-0.3, -0.25) is 14.7 Å². The molecule has 138 valence electrons. The standard InChI is InChI=1S/C21H22N4O2/c1-3-15-6-4-5-7-17(15)23-20(26)13-22-21(27)19-12-18(24-25-19)16-10-8-14(2)9-11-16/h4-12H,3,13H2,1-2H3,(H,22,27)(H,23,26)(H,24,25). The van der Waals surface area contributed by atoms with E-state index in [0.717, 1.165) is 28.8 Å². The fraction of sp³-hybridized carbons (Fsp3) is 0.190.